The first-order valence-electron chi connectivity index (χ1n) is 10.8. The summed E-state index contributed by atoms with van der Waals surface area (Å²) < 4.78 is 30.1. The maximum atomic E-state index is 13.5. The monoisotopic (exact) mass is 474 g/mol. The Kier molecular flexibility index (Phi) is 6.04. The van der Waals surface area contributed by atoms with Gasteiger partial charge in [0.1, 0.15) is 0 Å². The minimum Gasteiger partial charge on any atom is -0.295 e. The number of hydrogen-bond acceptors (Lipinski definition) is 6. The van der Waals surface area contributed by atoms with Crippen LogP contribution in [0.3, 0.4) is 0 Å². The minimum atomic E-state index is -3.57. The zero-order valence-corrected chi connectivity index (χ0v) is 20.9. The molecule has 1 aliphatic rings. The smallest absolute Gasteiger partial charge is 0.258 e. The van der Waals surface area contributed by atoms with Gasteiger partial charge < -0.3 is 0 Å². The maximum absolute atomic E-state index is 13.5. The molecule has 0 amide bonds. The molecular weight excluding hydrogens is 444 g/mol. The summed E-state index contributed by atoms with van der Waals surface area (Å²) in [6.07, 6.45) is 1.72. The Morgan fingerprint density at radius 3 is 2.25 bits per heavy atom. The Morgan fingerprint density at radius 2 is 1.66 bits per heavy atom. The Balaban J connectivity index is 1.49. The Morgan fingerprint density at radius 1 is 1.03 bits per heavy atom. The van der Waals surface area contributed by atoms with Crippen molar-refractivity contribution in [1.82, 2.24) is 18.6 Å². The fourth-order valence-electron chi connectivity index (χ4n) is 4.25. The molecule has 7 nitrogen and oxygen atoms in total. The molecule has 0 unspecified atom stereocenters. The van der Waals surface area contributed by atoms with Gasteiger partial charge in [0.25, 0.3) is 5.56 Å². The van der Waals surface area contributed by atoms with Crippen molar-refractivity contribution in [2.75, 3.05) is 26.2 Å². The zero-order chi connectivity index (χ0) is 23.3. The summed E-state index contributed by atoms with van der Waals surface area (Å²) in [5, 5.41) is 1.84. The number of nitrogens with zero attached hydrogens (tertiary/aromatic N) is 4. The van der Waals surface area contributed by atoms with E-state index in [9.17, 15) is 13.2 Å². The van der Waals surface area contributed by atoms with E-state index in [0.717, 1.165) is 22.4 Å². The van der Waals surface area contributed by atoms with Gasteiger partial charge in [0.2, 0.25) is 10.0 Å². The lowest BCUT2D eigenvalue weighted by Crippen LogP contribution is -2.48. The molecule has 3 aromatic rings. The molecule has 1 aliphatic heterocycles. The number of aryl methyl sites for hydroxylation is 2. The van der Waals surface area contributed by atoms with Gasteiger partial charge in [-0.25, -0.2) is 13.4 Å². The standard InChI is InChI=1S/C23H30N4O3S2/c1-16-12-18(23(3,4)5)13-17(2)21(16)32(29,30)26-8-6-25(7-9-26)15-19-14-20(28)27-10-11-31-22(27)24-19/h10-14H,6-9,15H2,1-5H3. The first-order valence-corrected chi connectivity index (χ1v) is 13.1. The van der Waals surface area contributed by atoms with Gasteiger partial charge in [-0.1, -0.05) is 32.9 Å². The van der Waals surface area contributed by atoms with E-state index in [1.54, 1.807) is 16.6 Å². The van der Waals surface area contributed by atoms with Gasteiger partial charge in [-0.2, -0.15) is 4.31 Å². The van der Waals surface area contributed by atoms with Crippen LogP contribution in [0.2, 0.25) is 0 Å². The van der Waals surface area contributed by atoms with Gasteiger partial charge in [0.05, 0.1) is 10.6 Å². The summed E-state index contributed by atoms with van der Waals surface area (Å²) in [6.45, 7) is 12.7. The van der Waals surface area contributed by atoms with E-state index in [4.69, 9.17) is 0 Å². The highest BCUT2D eigenvalue weighted by Crippen LogP contribution is 2.31. The molecule has 1 aromatic carbocycles. The molecule has 4 rings (SSSR count). The fourth-order valence-corrected chi connectivity index (χ4v) is 6.82. The van der Waals surface area contributed by atoms with E-state index in [2.05, 4.69) is 30.7 Å². The highest BCUT2D eigenvalue weighted by Gasteiger charge is 2.31. The molecule has 0 atom stereocenters. The zero-order valence-electron chi connectivity index (χ0n) is 19.3. The summed E-state index contributed by atoms with van der Waals surface area (Å²) in [4.78, 5) is 20.0. The maximum Gasteiger partial charge on any atom is 0.258 e. The molecule has 172 valence electrons. The summed E-state index contributed by atoms with van der Waals surface area (Å²) >= 11 is 1.43. The third-order valence-corrected chi connectivity index (χ3v) is 8.96. The molecule has 0 saturated carbocycles. The van der Waals surface area contributed by atoms with Gasteiger partial charge in [0, 0.05) is 50.4 Å². The van der Waals surface area contributed by atoms with Gasteiger partial charge in [0.15, 0.2) is 4.96 Å². The minimum absolute atomic E-state index is 0.0357. The van der Waals surface area contributed by atoms with Gasteiger partial charge in [-0.05, 0) is 36.0 Å². The Labute approximate surface area is 193 Å². The first-order chi connectivity index (χ1) is 15.0. The van der Waals surface area contributed by atoms with E-state index >= 15 is 0 Å². The average Bonchev–Trinajstić information content (AvgIpc) is 3.16. The van der Waals surface area contributed by atoms with Crippen molar-refractivity contribution in [2.24, 2.45) is 0 Å². The Hall–Kier alpha value is -2.07. The topological polar surface area (TPSA) is 75.0 Å². The third-order valence-electron chi connectivity index (χ3n) is 6.00. The molecule has 9 heteroatoms. The first kappa shape index (κ1) is 23.1. The van der Waals surface area contributed by atoms with Crippen LogP contribution < -0.4 is 5.56 Å². The van der Waals surface area contributed by atoms with Gasteiger partial charge in [-0.3, -0.25) is 14.1 Å². The lowest BCUT2D eigenvalue weighted by atomic mass is 9.85. The number of fused-ring (bicyclic) bond motifs is 1. The van der Waals surface area contributed by atoms with E-state index < -0.39 is 10.0 Å². The summed E-state index contributed by atoms with van der Waals surface area (Å²) in [7, 11) is -3.57. The van der Waals surface area contributed by atoms with Gasteiger partial charge >= 0.3 is 0 Å². The Bertz CT molecular complexity index is 1290. The number of piperazine rings is 1. The number of benzene rings is 1. The van der Waals surface area contributed by atoms with Crippen LogP contribution in [0.25, 0.3) is 4.96 Å². The largest absolute Gasteiger partial charge is 0.295 e. The SMILES string of the molecule is Cc1cc(C(C)(C)C)cc(C)c1S(=O)(=O)N1CCN(Cc2cc(=O)n3ccsc3n2)CC1. The predicted molar refractivity (Wildman–Crippen MR) is 128 cm³/mol. The van der Waals surface area contributed by atoms with Gasteiger partial charge in [-0.15, -0.1) is 11.3 Å². The second-order valence-electron chi connectivity index (χ2n) is 9.51. The lowest BCUT2D eigenvalue weighted by Gasteiger charge is -2.34. The molecule has 32 heavy (non-hydrogen) atoms. The van der Waals surface area contributed by atoms with Crippen molar-refractivity contribution in [1.29, 1.82) is 0 Å². The van der Waals surface area contributed by atoms with Crippen LogP contribution in [0.15, 0.2) is 39.5 Å². The number of hydrogen-bond donors (Lipinski definition) is 0. The molecule has 0 N–H and O–H groups in total. The number of sulfonamides is 1. The quantitative estimate of drug-likeness (QED) is 0.581. The van der Waals surface area contributed by atoms with Crippen LogP contribution in [0.1, 0.15) is 43.2 Å². The second-order valence-corrected chi connectivity index (χ2v) is 12.3. The second kappa shape index (κ2) is 8.37. The van der Waals surface area contributed by atoms with Crippen molar-refractivity contribution in [3.05, 3.63) is 62.5 Å². The number of aromatic nitrogens is 2. The van der Waals surface area contributed by atoms with E-state index in [1.165, 1.54) is 15.7 Å². The highest BCUT2D eigenvalue weighted by molar-refractivity contribution is 7.89. The average molecular weight is 475 g/mol. The number of thiazole rings is 1. The van der Waals surface area contributed by atoms with Crippen LogP contribution in [-0.2, 0) is 22.0 Å². The molecule has 1 fully saturated rings. The molecule has 0 spiro atoms. The summed E-state index contributed by atoms with van der Waals surface area (Å²) in [5.41, 5.74) is 3.33. The highest BCUT2D eigenvalue weighted by atomic mass is 32.2. The predicted octanol–water partition coefficient (Wildman–Crippen LogP) is 3.18. The molecule has 0 bridgehead atoms. The van der Waals surface area contributed by atoms with E-state index in [1.807, 2.05) is 31.4 Å². The van der Waals surface area contributed by atoms with Crippen molar-refractivity contribution >= 4 is 26.3 Å². The van der Waals surface area contributed by atoms with E-state index in [-0.39, 0.29) is 11.0 Å². The van der Waals surface area contributed by atoms with E-state index in [0.29, 0.717) is 42.6 Å². The lowest BCUT2D eigenvalue weighted by molar-refractivity contribution is 0.180. The van der Waals surface area contributed by atoms with Crippen molar-refractivity contribution in [3.63, 3.8) is 0 Å². The van der Waals surface area contributed by atoms with Crippen molar-refractivity contribution in [2.45, 2.75) is 51.5 Å². The van der Waals surface area contributed by atoms with Crippen LogP contribution in [0.5, 0.6) is 0 Å². The molecule has 1 saturated heterocycles. The summed E-state index contributed by atoms with van der Waals surface area (Å²) in [5.74, 6) is 0. The van der Waals surface area contributed by atoms with Crippen LogP contribution in [-0.4, -0.2) is 53.2 Å². The number of rotatable bonds is 4. The molecule has 3 heterocycles. The third kappa shape index (κ3) is 4.39. The van der Waals surface area contributed by atoms with Crippen LogP contribution in [0.4, 0.5) is 0 Å². The van der Waals surface area contributed by atoms with Crippen molar-refractivity contribution in [3.8, 4) is 0 Å². The van der Waals surface area contributed by atoms with Crippen LogP contribution >= 0.6 is 11.3 Å². The van der Waals surface area contributed by atoms with Crippen molar-refractivity contribution < 1.29 is 8.42 Å². The van der Waals surface area contributed by atoms with Crippen LogP contribution in [0, 0.1) is 13.8 Å². The molecular formula is C23H30N4O3S2. The molecule has 2 aromatic heterocycles. The fraction of sp³-hybridized carbons (Fsp3) is 0.478. The normalized spacial score (nSPS) is 16.7. The molecule has 0 aliphatic carbocycles. The summed E-state index contributed by atoms with van der Waals surface area (Å²) in [6, 6.07) is 5.56. The molecule has 0 radical (unpaired) electrons.